The maximum Gasteiger partial charge on any atom is 0.430 e. The first kappa shape index (κ1) is 26.5. The predicted molar refractivity (Wildman–Crippen MR) is 125 cm³/mol. The Morgan fingerprint density at radius 2 is 1.22 bits per heavy atom. The summed E-state index contributed by atoms with van der Waals surface area (Å²) in [4.78, 5) is 14.5. The minimum atomic E-state index is -5.96. The lowest BCUT2D eigenvalue weighted by Gasteiger charge is -2.33. The van der Waals surface area contributed by atoms with Gasteiger partial charge in [-0.3, -0.25) is 0 Å². The van der Waals surface area contributed by atoms with Crippen molar-refractivity contribution in [3.8, 4) is 0 Å². The summed E-state index contributed by atoms with van der Waals surface area (Å²) < 4.78 is 79.7. The monoisotopic (exact) mass is 522 g/mol. The van der Waals surface area contributed by atoms with Crippen molar-refractivity contribution in [1.29, 1.82) is 0 Å². The highest BCUT2D eigenvalue weighted by Gasteiger charge is 2.71. The van der Waals surface area contributed by atoms with E-state index in [0.717, 1.165) is 23.3 Å². The molecule has 2 atom stereocenters. The van der Waals surface area contributed by atoms with E-state index in [-0.39, 0.29) is 24.4 Å². The third-order valence-corrected chi connectivity index (χ3v) is 6.70. The lowest BCUT2D eigenvalue weighted by atomic mass is 9.83. The van der Waals surface area contributed by atoms with Crippen molar-refractivity contribution in [3.63, 3.8) is 0 Å². The number of likely N-dealkylation sites (tertiary alicyclic amines) is 1. The summed E-state index contributed by atoms with van der Waals surface area (Å²) in [5.74, 6) is -0.623. The summed E-state index contributed by atoms with van der Waals surface area (Å²) >= 11 is 0. The molecular formula is C27H24F6N2O2. The Morgan fingerprint density at radius 3 is 1.70 bits per heavy atom. The van der Waals surface area contributed by atoms with Crippen molar-refractivity contribution in [3.05, 3.63) is 107 Å². The zero-order chi connectivity index (χ0) is 26.8. The Kier molecular flexibility index (Phi) is 7.23. The van der Waals surface area contributed by atoms with Crippen LogP contribution in [0.15, 0.2) is 84.9 Å². The minimum Gasteiger partial charge on any atom is -0.369 e. The molecule has 0 saturated carbocycles. The smallest absolute Gasteiger partial charge is 0.369 e. The van der Waals surface area contributed by atoms with Crippen LogP contribution in [0.3, 0.4) is 0 Å². The number of hydrogen-bond donors (Lipinski definition) is 2. The number of nitrogens with one attached hydrogen (secondary N) is 1. The first-order valence-corrected chi connectivity index (χ1v) is 11.5. The zero-order valence-electron chi connectivity index (χ0n) is 19.4. The van der Waals surface area contributed by atoms with Crippen LogP contribution < -0.4 is 5.32 Å². The Morgan fingerprint density at radius 1 is 0.757 bits per heavy atom. The molecule has 1 heterocycles. The molecule has 0 spiro atoms. The van der Waals surface area contributed by atoms with Gasteiger partial charge in [0.15, 0.2) is 0 Å². The molecule has 196 valence electrons. The molecule has 10 heteroatoms. The number of urea groups is 1. The third-order valence-electron chi connectivity index (χ3n) is 6.70. The van der Waals surface area contributed by atoms with Gasteiger partial charge in [0.25, 0.3) is 5.60 Å². The van der Waals surface area contributed by atoms with Gasteiger partial charge in [0.1, 0.15) is 0 Å². The number of nitrogens with zero attached hydrogens (tertiary/aromatic N) is 1. The largest absolute Gasteiger partial charge is 0.430 e. The Labute approximate surface area is 209 Å². The zero-order valence-corrected chi connectivity index (χ0v) is 19.4. The summed E-state index contributed by atoms with van der Waals surface area (Å²) in [6.07, 6.45) is -11.9. The van der Waals surface area contributed by atoms with Gasteiger partial charge in [-0.25, -0.2) is 4.79 Å². The molecule has 4 rings (SSSR count). The van der Waals surface area contributed by atoms with E-state index >= 15 is 0 Å². The van der Waals surface area contributed by atoms with Crippen LogP contribution in [0.1, 0.15) is 34.1 Å². The third kappa shape index (κ3) is 5.29. The summed E-state index contributed by atoms with van der Waals surface area (Å²) in [6, 6.07) is 21.8. The minimum absolute atomic E-state index is 0.211. The van der Waals surface area contributed by atoms with E-state index < -0.39 is 23.5 Å². The number of amides is 2. The van der Waals surface area contributed by atoms with Crippen LogP contribution in [0.25, 0.3) is 0 Å². The quantitative estimate of drug-likeness (QED) is 0.399. The van der Waals surface area contributed by atoms with E-state index in [1.807, 2.05) is 60.7 Å². The molecule has 1 aliphatic rings. The summed E-state index contributed by atoms with van der Waals surface area (Å²) in [5.41, 5.74) is -4.05. The number of benzene rings is 3. The van der Waals surface area contributed by atoms with Gasteiger partial charge in [0, 0.05) is 37.0 Å². The van der Waals surface area contributed by atoms with Gasteiger partial charge in [-0.05, 0) is 16.7 Å². The van der Waals surface area contributed by atoms with Crippen molar-refractivity contribution in [1.82, 2.24) is 10.2 Å². The van der Waals surface area contributed by atoms with Crippen molar-refractivity contribution in [2.75, 3.05) is 13.1 Å². The first-order valence-electron chi connectivity index (χ1n) is 11.5. The fourth-order valence-corrected chi connectivity index (χ4v) is 4.69. The number of carbonyl (C=O) groups excluding carboxylic acids is 1. The second kappa shape index (κ2) is 10.1. The fraction of sp³-hybridized carbons (Fsp3) is 0.296. The second-order valence-electron chi connectivity index (χ2n) is 9.00. The number of alkyl halides is 6. The normalized spacial score (nSPS) is 18.6. The molecule has 3 aromatic carbocycles. The summed E-state index contributed by atoms with van der Waals surface area (Å²) in [6.45, 7) is 0.827. The van der Waals surface area contributed by atoms with E-state index in [4.69, 9.17) is 0 Å². The van der Waals surface area contributed by atoms with Gasteiger partial charge in [0.2, 0.25) is 0 Å². The highest BCUT2D eigenvalue weighted by atomic mass is 19.4. The predicted octanol–water partition coefficient (Wildman–Crippen LogP) is 6.09. The second-order valence-corrected chi connectivity index (χ2v) is 9.00. The highest BCUT2D eigenvalue weighted by Crippen LogP contribution is 2.50. The molecule has 1 saturated heterocycles. The van der Waals surface area contributed by atoms with Crippen LogP contribution in [0.2, 0.25) is 0 Å². The average Bonchev–Trinajstić information content (AvgIpc) is 3.32. The molecule has 37 heavy (non-hydrogen) atoms. The van der Waals surface area contributed by atoms with Gasteiger partial charge in [-0.15, -0.1) is 0 Å². The van der Waals surface area contributed by atoms with Crippen LogP contribution >= 0.6 is 0 Å². The standard InChI is InChI=1S/C27H24F6N2O2/c28-26(29,30)25(37,27(31,32)33)21-13-11-20(12-14-21)23-17-35(16-22(23)19-9-5-2-6-10-19)24(36)34-15-18-7-3-1-4-8-18/h1-14,22-23,37H,15-17H2,(H,34,36)/t22-,23-/m0/s1. The maximum absolute atomic E-state index is 13.3. The molecule has 0 unspecified atom stereocenters. The molecule has 1 fully saturated rings. The first-order chi connectivity index (χ1) is 17.4. The van der Waals surface area contributed by atoms with E-state index in [1.54, 1.807) is 4.90 Å². The molecule has 0 bridgehead atoms. The molecule has 2 amide bonds. The lowest BCUT2D eigenvalue weighted by molar-refractivity contribution is -0.376. The molecule has 4 nitrogen and oxygen atoms in total. The van der Waals surface area contributed by atoms with Crippen molar-refractivity contribution >= 4 is 6.03 Å². The Bertz CT molecular complexity index is 1180. The molecule has 0 radical (unpaired) electrons. The fourth-order valence-electron chi connectivity index (χ4n) is 4.69. The average molecular weight is 522 g/mol. The summed E-state index contributed by atoms with van der Waals surface area (Å²) in [7, 11) is 0. The van der Waals surface area contributed by atoms with Crippen LogP contribution in [0.4, 0.5) is 31.1 Å². The maximum atomic E-state index is 13.3. The highest BCUT2D eigenvalue weighted by molar-refractivity contribution is 5.75. The number of hydrogen-bond acceptors (Lipinski definition) is 2. The van der Waals surface area contributed by atoms with E-state index in [1.165, 1.54) is 0 Å². The SMILES string of the molecule is O=C(NCc1ccccc1)N1C[C@@H](c2ccccc2)[C@H](c2ccc(C(O)(C(F)(F)F)C(F)(F)F)cc2)C1. The number of halogens is 6. The van der Waals surface area contributed by atoms with Crippen LogP contribution in [-0.4, -0.2) is 41.5 Å². The van der Waals surface area contributed by atoms with Crippen LogP contribution in [-0.2, 0) is 12.1 Å². The Hall–Kier alpha value is -3.53. The molecule has 2 N–H and O–H groups in total. The van der Waals surface area contributed by atoms with Crippen molar-refractivity contribution in [2.24, 2.45) is 0 Å². The van der Waals surface area contributed by atoms with Crippen molar-refractivity contribution in [2.45, 2.75) is 36.3 Å². The molecular weight excluding hydrogens is 498 g/mol. The number of aliphatic hydroxyl groups is 1. The van der Waals surface area contributed by atoms with Crippen LogP contribution in [0, 0.1) is 0 Å². The van der Waals surface area contributed by atoms with Gasteiger partial charge in [-0.2, -0.15) is 26.3 Å². The number of carbonyl (C=O) groups is 1. The lowest BCUT2D eigenvalue weighted by Crippen LogP contribution is -2.53. The van der Waals surface area contributed by atoms with Crippen LogP contribution in [0.5, 0.6) is 0 Å². The molecule has 1 aliphatic heterocycles. The van der Waals surface area contributed by atoms with Gasteiger partial charge in [-0.1, -0.05) is 84.9 Å². The Balaban J connectivity index is 1.60. The topological polar surface area (TPSA) is 52.6 Å². The van der Waals surface area contributed by atoms with Crippen molar-refractivity contribution < 1.29 is 36.2 Å². The number of rotatable bonds is 5. The summed E-state index contributed by atoms with van der Waals surface area (Å²) in [5, 5.41) is 12.5. The van der Waals surface area contributed by atoms with Gasteiger partial charge < -0.3 is 15.3 Å². The molecule has 0 aliphatic carbocycles. The van der Waals surface area contributed by atoms with E-state index in [2.05, 4.69) is 5.32 Å². The van der Waals surface area contributed by atoms with Gasteiger partial charge >= 0.3 is 18.4 Å². The molecule has 0 aromatic heterocycles. The van der Waals surface area contributed by atoms with E-state index in [9.17, 15) is 36.2 Å². The molecule has 3 aromatic rings. The van der Waals surface area contributed by atoms with E-state index in [0.29, 0.717) is 30.8 Å². The van der Waals surface area contributed by atoms with Gasteiger partial charge in [0.05, 0.1) is 0 Å².